The Morgan fingerprint density at radius 2 is 1.46 bits per heavy atom. The van der Waals surface area contributed by atoms with E-state index in [2.05, 4.69) is 53.4 Å². The third kappa shape index (κ3) is 1.63. The van der Waals surface area contributed by atoms with Gasteiger partial charge in [-0.2, -0.15) is 0 Å². The molecule has 0 bridgehead atoms. The van der Waals surface area contributed by atoms with Gasteiger partial charge in [0.2, 0.25) is 0 Å². The first-order chi connectivity index (χ1) is 5.59. The Morgan fingerprint density at radius 3 is 1.62 bits per heavy atom. The number of nitrogens with zero attached hydrogens (tertiary/aromatic N) is 1. The first-order valence-corrected chi connectivity index (χ1v) is 5.37. The van der Waals surface area contributed by atoms with Crippen molar-refractivity contribution in [1.82, 2.24) is 4.90 Å². The largest absolute Gasteiger partial charge is 0.293 e. The van der Waals surface area contributed by atoms with E-state index in [0.29, 0.717) is 16.5 Å². The topological polar surface area (TPSA) is 3.24 Å². The Hall–Kier alpha value is -0.0400. The Labute approximate surface area is 83.5 Å². The minimum atomic E-state index is 0.303. The van der Waals surface area contributed by atoms with Crippen LogP contribution in [0.1, 0.15) is 54.9 Å². The highest BCUT2D eigenvalue weighted by molar-refractivity contribution is 5.04. The van der Waals surface area contributed by atoms with Crippen LogP contribution in [0.5, 0.6) is 0 Å². The van der Waals surface area contributed by atoms with Crippen LogP contribution in [0, 0.1) is 5.41 Å². The van der Waals surface area contributed by atoms with Gasteiger partial charge < -0.3 is 0 Å². The molecule has 0 aromatic rings. The molecule has 78 valence electrons. The number of likely N-dealkylation sites (tertiary alicyclic amines) is 1. The molecule has 13 heavy (non-hydrogen) atoms. The van der Waals surface area contributed by atoms with Crippen molar-refractivity contribution in [3.8, 4) is 0 Å². The van der Waals surface area contributed by atoms with Crippen LogP contribution in [-0.2, 0) is 0 Å². The van der Waals surface area contributed by atoms with E-state index in [-0.39, 0.29) is 0 Å². The molecular weight excluding hydrogens is 158 g/mol. The van der Waals surface area contributed by atoms with Crippen LogP contribution in [0.3, 0.4) is 0 Å². The van der Waals surface area contributed by atoms with Gasteiger partial charge in [0.1, 0.15) is 0 Å². The highest BCUT2D eigenvalue weighted by atomic mass is 15.3. The molecule has 0 aromatic heterocycles. The fourth-order valence-corrected chi connectivity index (χ4v) is 2.52. The van der Waals surface area contributed by atoms with Crippen LogP contribution in [-0.4, -0.2) is 22.5 Å². The molecule has 0 aromatic carbocycles. The molecule has 1 rings (SSSR count). The minimum Gasteiger partial charge on any atom is -0.293 e. The van der Waals surface area contributed by atoms with Gasteiger partial charge in [0.05, 0.1) is 0 Å². The average molecular weight is 183 g/mol. The minimum absolute atomic E-state index is 0.303. The van der Waals surface area contributed by atoms with Crippen LogP contribution < -0.4 is 0 Å². The lowest BCUT2D eigenvalue weighted by atomic mass is 9.74. The lowest BCUT2D eigenvalue weighted by Crippen LogP contribution is -2.54. The molecule has 0 spiro atoms. The number of rotatable bonds is 0. The number of hydrogen-bond donors (Lipinski definition) is 0. The van der Waals surface area contributed by atoms with E-state index in [4.69, 9.17) is 0 Å². The van der Waals surface area contributed by atoms with E-state index in [0.717, 1.165) is 0 Å². The van der Waals surface area contributed by atoms with Gasteiger partial charge in [-0.15, -0.1) is 0 Å². The van der Waals surface area contributed by atoms with E-state index in [1.165, 1.54) is 13.0 Å². The van der Waals surface area contributed by atoms with Gasteiger partial charge in [-0.05, 0) is 53.0 Å². The first kappa shape index (κ1) is 11.0. The summed E-state index contributed by atoms with van der Waals surface area (Å²) in [6.45, 7) is 17.7. The summed E-state index contributed by atoms with van der Waals surface area (Å²) in [6, 6.07) is 0. The van der Waals surface area contributed by atoms with E-state index in [1.807, 2.05) is 0 Å². The smallest absolute Gasteiger partial charge is 0.0209 e. The van der Waals surface area contributed by atoms with Crippen LogP contribution >= 0.6 is 0 Å². The second-order valence-electron chi connectivity index (χ2n) is 6.52. The Balaban J connectivity index is 2.95. The molecule has 0 N–H and O–H groups in total. The summed E-state index contributed by atoms with van der Waals surface area (Å²) in [4.78, 5) is 2.64. The molecule has 1 heteroatoms. The molecule has 0 radical (unpaired) electrons. The monoisotopic (exact) mass is 183 g/mol. The van der Waals surface area contributed by atoms with Gasteiger partial charge in [-0.25, -0.2) is 0 Å². The van der Waals surface area contributed by atoms with Crippen molar-refractivity contribution >= 4 is 0 Å². The van der Waals surface area contributed by atoms with E-state index >= 15 is 0 Å². The second-order valence-corrected chi connectivity index (χ2v) is 6.52. The van der Waals surface area contributed by atoms with Gasteiger partial charge in [0.15, 0.2) is 0 Å². The van der Waals surface area contributed by atoms with Crippen molar-refractivity contribution in [3.63, 3.8) is 0 Å². The van der Waals surface area contributed by atoms with Crippen molar-refractivity contribution < 1.29 is 0 Å². The van der Waals surface area contributed by atoms with Crippen molar-refractivity contribution in [2.75, 3.05) is 6.54 Å². The van der Waals surface area contributed by atoms with Crippen molar-refractivity contribution in [2.45, 2.75) is 66.0 Å². The molecule has 1 nitrogen and oxygen atoms in total. The van der Waals surface area contributed by atoms with Crippen LogP contribution in [0.4, 0.5) is 0 Å². The SMILES string of the molecule is CC(C)(C)N1CCC(C)(C)C1(C)C. The summed E-state index contributed by atoms with van der Waals surface area (Å²) in [6.07, 6.45) is 1.32. The molecule has 0 saturated carbocycles. The van der Waals surface area contributed by atoms with Gasteiger partial charge in [0, 0.05) is 11.1 Å². The Bertz CT molecular complexity index is 196. The quantitative estimate of drug-likeness (QED) is 0.557. The zero-order valence-corrected chi connectivity index (χ0v) is 10.4. The van der Waals surface area contributed by atoms with E-state index in [9.17, 15) is 0 Å². The summed E-state index contributed by atoms with van der Waals surface area (Å²) in [5.74, 6) is 0. The molecule has 1 heterocycles. The summed E-state index contributed by atoms with van der Waals surface area (Å²) >= 11 is 0. The average Bonchev–Trinajstić information content (AvgIpc) is 2.00. The summed E-state index contributed by atoms with van der Waals surface area (Å²) in [5, 5.41) is 0. The maximum Gasteiger partial charge on any atom is 0.0209 e. The predicted octanol–water partition coefficient (Wildman–Crippen LogP) is 3.30. The molecule has 1 fully saturated rings. The Morgan fingerprint density at radius 1 is 1.00 bits per heavy atom. The highest BCUT2D eigenvalue weighted by Crippen LogP contribution is 2.47. The van der Waals surface area contributed by atoms with Gasteiger partial charge >= 0.3 is 0 Å². The molecule has 0 amide bonds. The van der Waals surface area contributed by atoms with Gasteiger partial charge in [-0.1, -0.05) is 13.8 Å². The van der Waals surface area contributed by atoms with Crippen molar-refractivity contribution in [2.24, 2.45) is 5.41 Å². The summed E-state index contributed by atoms with van der Waals surface area (Å²) < 4.78 is 0. The lowest BCUT2D eigenvalue weighted by molar-refractivity contribution is 0.0204. The molecule has 0 aliphatic carbocycles. The van der Waals surface area contributed by atoms with Crippen molar-refractivity contribution in [3.05, 3.63) is 0 Å². The Kier molecular flexibility index (Phi) is 2.31. The normalized spacial score (nSPS) is 27.9. The predicted molar refractivity (Wildman–Crippen MR) is 58.9 cm³/mol. The molecule has 0 unspecified atom stereocenters. The summed E-state index contributed by atoms with van der Waals surface area (Å²) in [5.41, 5.74) is 1.07. The molecule has 1 aliphatic rings. The van der Waals surface area contributed by atoms with Crippen molar-refractivity contribution in [1.29, 1.82) is 0 Å². The first-order valence-electron chi connectivity index (χ1n) is 5.37. The second kappa shape index (κ2) is 2.73. The number of hydrogen-bond acceptors (Lipinski definition) is 1. The van der Waals surface area contributed by atoms with Crippen LogP contribution in [0.25, 0.3) is 0 Å². The highest BCUT2D eigenvalue weighted by Gasteiger charge is 2.50. The van der Waals surface area contributed by atoms with Gasteiger partial charge in [0.25, 0.3) is 0 Å². The van der Waals surface area contributed by atoms with Crippen LogP contribution in [0.15, 0.2) is 0 Å². The zero-order valence-electron chi connectivity index (χ0n) is 10.4. The molecule has 1 saturated heterocycles. The third-order valence-electron chi connectivity index (χ3n) is 4.10. The maximum absolute atomic E-state index is 2.64. The fraction of sp³-hybridized carbons (Fsp3) is 1.00. The van der Waals surface area contributed by atoms with E-state index in [1.54, 1.807) is 0 Å². The standard InChI is InChI=1S/C12H25N/c1-10(2,3)13-9-8-11(4,5)12(13,6)7/h8-9H2,1-7H3. The van der Waals surface area contributed by atoms with Gasteiger partial charge in [-0.3, -0.25) is 4.90 Å². The lowest BCUT2D eigenvalue weighted by Gasteiger charge is -2.47. The summed E-state index contributed by atoms with van der Waals surface area (Å²) in [7, 11) is 0. The van der Waals surface area contributed by atoms with Crippen LogP contribution in [0.2, 0.25) is 0 Å². The maximum atomic E-state index is 2.64. The van der Waals surface area contributed by atoms with E-state index < -0.39 is 0 Å². The molecular formula is C12H25N. The molecule has 0 atom stereocenters. The third-order valence-corrected chi connectivity index (χ3v) is 4.10. The molecule has 1 aliphatic heterocycles. The fourth-order valence-electron chi connectivity index (χ4n) is 2.52. The zero-order chi connectivity index (χ0) is 10.5.